The van der Waals surface area contributed by atoms with Crippen LogP contribution in [-0.2, 0) is 6.42 Å². The van der Waals surface area contributed by atoms with Gasteiger partial charge in [0.15, 0.2) is 0 Å². The molecule has 2 aromatic rings. The molecule has 0 fully saturated rings. The normalized spacial score (nSPS) is 12.7. The topological polar surface area (TPSA) is 77.8 Å². The number of rotatable bonds is 3. The molecule has 0 spiro atoms. The molecule has 5 nitrogen and oxygen atoms in total. The van der Waals surface area contributed by atoms with E-state index in [0.29, 0.717) is 23.8 Å². The summed E-state index contributed by atoms with van der Waals surface area (Å²) in [5, 5.41) is 3.85. The predicted octanol–water partition coefficient (Wildman–Crippen LogP) is 1.78. The fourth-order valence-corrected chi connectivity index (χ4v) is 1.46. The molecule has 0 aliphatic rings. The lowest BCUT2D eigenvalue weighted by molar-refractivity contribution is 0.372. The minimum absolute atomic E-state index is 0.00572. The molecule has 0 aliphatic heterocycles. The van der Waals surface area contributed by atoms with Crippen LogP contribution in [0, 0.1) is 0 Å². The third-order valence-corrected chi connectivity index (χ3v) is 2.39. The van der Waals surface area contributed by atoms with Crippen LogP contribution in [0.15, 0.2) is 27.3 Å². The maximum absolute atomic E-state index is 5.64. The van der Waals surface area contributed by atoms with Crippen molar-refractivity contribution in [3.8, 4) is 11.5 Å². The zero-order valence-corrected chi connectivity index (χ0v) is 10.3. The van der Waals surface area contributed by atoms with Crippen LogP contribution < -0.4 is 5.73 Å². The Kier molecular flexibility index (Phi) is 3.31. The maximum atomic E-state index is 5.64. The van der Waals surface area contributed by atoms with Crippen LogP contribution >= 0.6 is 15.9 Å². The Morgan fingerprint density at radius 2 is 2.31 bits per heavy atom. The smallest absolute Gasteiger partial charge is 0.228 e. The molecule has 2 aromatic heterocycles. The standard InChI is InChI=1S/C10H11BrN4O/c1-6(12)4-9-14-10(15-16-9)8-3-2-7(11)5-13-8/h2-3,5-6H,4,12H2,1H3. The van der Waals surface area contributed by atoms with Crippen LogP contribution in [0.5, 0.6) is 0 Å². The van der Waals surface area contributed by atoms with Gasteiger partial charge in [0.1, 0.15) is 5.69 Å². The highest BCUT2D eigenvalue weighted by Crippen LogP contribution is 2.16. The molecule has 84 valence electrons. The molecule has 0 bridgehead atoms. The molecule has 0 aliphatic carbocycles. The van der Waals surface area contributed by atoms with Crippen molar-refractivity contribution in [2.24, 2.45) is 5.73 Å². The summed E-state index contributed by atoms with van der Waals surface area (Å²) >= 11 is 3.31. The summed E-state index contributed by atoms with van der Waals surface area (Å²) < 4.78 is 5.98. The molecular weight excluding hydrogens is 272 g/mol. The lowest BCUT2D eigenvalue weighted by Crippen LogP contribution is -2.17. The van der Waals surface area contributed by atoms with Crippen molar-refractivity contribution in [3.05, 3.63) is 28.7 Å². The quantitative estimate of drug-likeness (QED) is 0.929. The molecule has 0 saturated carbocycles. The zero-order chi connectivity index (χ0) is 11.5. The first-order chi connectivity index (χ1) is 7.65. The summed E-state index contributed by atoms with van der Waals surface area (Å²) in [5.74, 6) is 1.03. The molecule has 2 N–H and O–H groups in total. The Labute approximate surface area is 101 Å². The van der Waals surface area contributed by atoms with Gasteiger partial charge < -0.3 is 10.3 Å². The van der Waals surface area contributed by atoms with Crippen LogP contribution in [0.4, 0.5) is 0 Å². The lowest BCUT2D eigenvalue weighted by Gasteiger charge is -1.96. The molecule has 0 amide bonds. The number of pyridine rings is 1. The summed E-state index contributed by atoms with van der Waals surface area (Å²) in [6.45, 7) is 1.89. The highest BCUT2D eigenvalue weighted by molar-refractivity contribution is 9.10. The average Bonchev–Trinajstić information content (AvgIpc) is 2.66. The summed E-state index contributed by atoms with van der Waals surface area (Å²) in [6, 6.07) is 3.71. The van der Waals surface area contributed by atoms with Crippen LogP contribution in [-0.4, -0.2) is 21.2 Å². The molecule has 16 heavy (non-hydrogen) atoms. The number of hydrogen-bond donors (Lipinski definition) is 1. The van der Waals surface area contributed by atoms with E-state index in [1.165, 1.54) is 0 Å². The zero-order valence-electron chi connectivity index (χ0n) is 8.72. The Hall–Kier alpha value is -1.27. The first kappa shape index (κ1) is 11.2. The monoisotopic (exact) mass is 282 g/mol. The molecular formula is C10H11BrN4O. The molecule has 1 unspecified atom stereocenters. The van der Waals surface area contributed by atoms with Crippen molar-refractivity contribution in [2.45, 2.75) is 19.4 Å². The number of halogens is 1. The van der Waals surface area contributed by atoms with Crippen molar-refractivity contribution in [1.82, 2.24) is 15.1 Å². The van der Waals surface area contributed by atoms with Crippen molar-refractivity contribution < 1.29 is 4.52 Å². The Morgan fingerprint density at radius 1 is 1.50 bits per heavy atom. The largest absolute Gasteiger partial charge is 0.339 e. The predicted molar refractivity (Wildman–Crippen MR) is 62.6 cm³/mol. The van der Waals surface area contributed by atoms with Gasteiger partial charge in [0, 0.05) is 23.1 Å². The van der Waals surface area contributed by atoms with Crippen molar-refractivity contribution in [1.29, 1.82) is 0 Å². The van der Waals surface area contributed by atoms with E-state index in [1.54, 1.807) is 6.20 Å². The number of nitrogens with two attached hydrogens (primary N) is 1. The Morgan fingerprint density at radius 3 is 2.94 bits per heavy atom. The first-order valence-corrected chi connectivity index (χ1v) is 5.64. The van der Waals surface area contributed by atoms with E-state index in [0.717, 1.165) is 4.47 Å². The third-order valence-electron chi connectivity index (χ3n) is 1.92. The van der Waals surface area contributed by atoms with E-state index in [4.69, 9.17) is 10.3 Å². The van der Waals surface area contributed by atoms with E-state index >= 15 is 0 Å². The summed E-state index contributed by atoms with van der Waals surface area (Å²) in [7, 11) is 0. The average molecular weight is 283 g/mol. The summed E-state index contributed by atoms with van der Waals surface area (Å²) in [5.41, 5.74) is 6.33. The van der Waals surface area contributed by atoms with Gasteiger partial charge >= 0.3 is 0 Å². The fourth-order valence-electron chi connectivity index (χ4n) is 1.23. The van der Waals surface area contributed by atoms with Crippen molar-refractivity contribution in [3.63, 3.8) is 0 Å². The molecule has 2 rings (SSSR count). The van der Waals surface area contributed by atoms with Gasteiger partial charge in [-0.1, -0.05) is 5.16 Å². The summed E-state index contributed by atoms with van der Waals surface area (Å²) in [6.07, 6.45) is 2.26. The van der Waals surface area contributed by atoms with Gasteiger partial charge in [-0.3, -0.25) is 4.98 Å². The molecule has 0 saturated heterocycles. The maximum Gasteiger partial charge on any atom is 0.228 e. The highest BCUT2D eigenvalue weighted by Gasteiger charge is 2.10. The highest BCUT2D eigenvalue weighted by atomic mass is 79.9. The fraction of sp³-hybridized carbons (Fsp3) is 0.300. The molecule has 0 radical (unpaired) electrons. The van der Waals surface area contributed by atoms with Gasteiger partial charge in [-0.05, 0) is 35.0 Å². The van der Waals surface area contributed by atoms with Gasteiger partial charge in [-0.2, -0.15) is 4.98 Å². The van der Waals surface area contributed by atoms with Crippen LogP contribution in [0.1, 0.15) is 12.8 Å². The second-order valence-electron chi connectivity index (χ2n) is 3.55. The molecule has 0 aromatic carbocycles. The SMILES string of the molecule is CC(N)Cc1nc(-c2ccc(Br)cn2)no1. The van der Waals surface area contributed by atoms with Gasteiger partial charge in [-0.25, -0.2) is 0 Å². The molecule has 6 heteroatoms. The van der Waals surface area contributed by atoms with Crippen molar-refractivity contribution >= 4 is 15.9 Å². The second-order valence-corrected chi connectivity index (χ2v) is 4.47. The lowest BCUT2D eigenvalue weighted by atomic mass is 10.2. The van der Waals surface area contributed by atoms with Crippen molar-refractivity contribution in [2.75, 3.05) is 0 Å². The van der Waals surface area contributed by atoms with Crippen LogP contribution in [0.3, 0.4) is 0 Å². The number of hydrogen-bond acceptors (Lipinski definition) is 5. The van der Waals surface area contributed by atoms with E-state index in [2.05, 4.69) is 31.1 Å². The van der Waals surface area contributed by atoms with Gasteiger partial charge in [0.25, 0.3) is 0 Å². The second kappa shape index (κ2) is 4.71. The van der Waals surface area contributed by atoms with E-state index in [9.17, 15) is 0 Å². The van der Waals surface area contributed by atoms with E-state index < -0.39 is 0 Å². The number of nitrogens with zero attached hydrogens (tertiary/aromatic N) is 3. The van der Waals surface area contributed by atoms with E-state index in [1.807, 2.05) is 19.1 Å². The van der Waals surface area contributed by atoms with Gasteiger partial charge in [0.05, 0.1) is 0 Å². The molecule has 1 atom stereocenters. The van der Waals surface area contributed by atoms with E-state index in [-0.39, 0.29) is 6.04 Å². The third kappa shape index (κ3) is 2.65. The minimum Gasteiger partial charge on any atom is -0.339 e. The number of aromatic nitrogens is 3. The Balaban J connectivity index is 2.21. The van der Waals surface area contributed by atoms with Crippen LogP contribution in [0.25, 0.3) is 11.5 Å². The first-order valence-electron chi connectivity index (χ1n) is 4.85. The Bertz CT molecular complexity index is 466. The summed E-state index contributed by atoms with van der Waals surface area (Å²) in [4.78, 5) is 8.39. The van der Waals surface area contributed by atoms with Gasteiger partial charge in [-0.15, -0.1) is 0 Å². The minimum atomic E-state index is 0.00572. The van der Waals surface area contributed by atoms with Gasteiger partial charge in [0.2, 0.25) is 11.7 Å². The van der Waals surface area contributed by atoms with Crippen LogP contribution in [0.2, 0.25) is 0 Å². The molecule has 2 heterocycles.